The van der Waals surface area contributed by atoms with Gasteiger partial charge in [-0.15, -0.1) is 0 Å². The number of carbonyl (C=O) groups is 1. The van der Waals surface area contributed by atoms with Crippen molar-refractivity contribution < 1.29 is 9.53 Å². The molecule has 5 nitrogen and oxygen atoms in total. The molecule has 1 aromatic heterocycles. The van der Waals surface area contributed by atoms with Crippen molar-refractivity contribution in [1.82, 2.24) is 14.5 Å². The topological polar surface area (TPSA) is 47.4 Å². The Hall–Kier alpha value is -1.95. The molecule has 0 aliphatic carbocycles. The highest BCUT2D eigenvalue weighted by molar-refractivity contribution is 8.00. The van der Waals surface area contributed by atoms with Gasteiger partial charge in [0.1, 0.15) is 5.75 Å². The second-order valence-electron chi connectivity index (χ2n) is 5.57. The minimum atomic E-state index is -0.139. The summed E-state index contributed by atoms with van der Waals surface area (Å²) < 4.78 is 7.27. The van der Waals surface area contributed by atoms with Crippen LogP contribution >= 0.6 is 11.8 Å². The number of rotatable bonds is 5. The van der Waals surface area contributed by atoms with Crippen LogP contribution in [0.5, 0.6) is 5.75 Å². The highest BCUT2D eigenvalue weighted by atomic mass is 32.2. The van der Waals surface area contributed by atoms with E-state index >= 15 is 0 Å². The lowest BCUT2D eigenvalue weighted by Crippen LogP contribution is -2.34. The molecule has 0 bridgehead atoms. The van der Waals surface area contributed by atoms with Crippen molar-refractivity contribution in [3.63, 3.8) is 0 Å². The van der Waals surface area contributed by atoms with Crippen molar-refractivity contribution in [2.75, 3.05) is 20.2 Å². The summed E-state index contributed by atoms with van der Waals surface area (Å²) in [5.74, 6) is 1.00. The van der Waals surface area contributed by atoms with Crippen LogP contribution in [-0.2, 0) is 4.79 Å². The van der Waals surface area contributed by atoms with E-state index in [9.17, 15) is 4.79 Å². The third kappa shape index (κ3) is 3.52. The van der Waals surface area contributed by atoms with E-state index in [1.807, 2.05) is 46.9 Å². The molecule has 1 aromatic carbocycles. The van der Waals surface area contributed by atoms with Crippen LogP contribution in [0.15, 0.2) is 41.8 Å². The summed E-state index contributed by atoms with van der Waals surface area (Å²) in [7, 11) is 1.65. The molecule has 2 aromatic rings. The lowest BCUT2D eigenvalue weighted by atomic mass is 10.3. The van der Waals surface area contributed by atoms with Crippen LogP contribution in [0.4, 0.5) is 0 Å². The number of likely N-dealkylation sites (tertiary alicyclic amines) is 1. The molecule has 1 saturated heterocycles. The Morgan fingerprint density at radius 1 is 1.35 bits per heavy atom. The number of imidazole rings is 1. The van der Waals surface area contributed by atoms with Crippen LogP contribution < -0.4 is 4.74 Å². The first-order chi connectivity index (χ1) is 11.2. The van der Waals surface area contributed by atoms with Crippen LogP contribution in [0.25, 0.3) is 5.69 Å². The van der Waals surface area contributed by atoms with E-state index in [1.54, 1.807) is 13.3 Å². The van der Waals surface area contributed by atoms with Crippen LogP contribution in [0.2, 0.25) is 0 Å². The fourth-order valence-electron chi connectivity index (χ4n) is 2.74. The smallest absolute Gasteiger partial charge is 0.235 e. The molecule has 1 unspecified atom stereocenters. The molecule has 0 spiro atoms. The van der Waals surface area contributed by atoms with E-state index in [2.05, 4.69) is 4.98 Å². The number of benzene rings is 1. The van der Waals surface area contributed by atoms with E-state index in [0.717, 1.165) is 42.5 Å². The summed E-state index contributed by atoms with van der Waals surface area (Å²) in [6.45, 7) is 3.72. The van der Waals surface area contributed by atoms with Gasteiger partial charge in [0, 0.05) is 31.5 Å². The number of hydrogen-bond acceptors (Lipinski definition) is 4. The van der Waals surface area contributed by atoms with Crippen molar-refractivity contribution >= 4 is 17.7 Å². The molecule has 2 heterocycles. The standard InChI is InChI=1S/C17H21N3O2S/c1-13(16(21)19-9-3-4-10-19)23-17-18-8-11-20(17)14-6-5-7-15(12-14)22-2/h5-8,11-13H,3-4,9-10H2,1-2H3. The number of carbonyl (C=O) groups excluding carboxylic acids is 1. The predicted molar refractivity (Wildman–Crippen MR) is 91.2 cm³/mol. The quantitative estimate of drug-likeness (QED) is 0.790. The van der Waals surface area contributed by atoms with Gasteiger partial charge in [0.25, 0.3) is 0 Å². The van der Waals surface area contributed by atoms with Crippen molar-refractivity contribution in [3.05, 3.63) is 36.7 Å². The molecule has 0 saturated carbocycles. The Bertz CT molecular complexity index is 680. The van der Waals surface area contributed by atoms with Crippen LogP contribution in [0.1, 0.15) is 19.8 Å². The molecular formula is C17H21N3O2S. The zero-order valence-electron chi connectivity index (χ0n) is 13.4. The summed E-state index contributed by atoms with van der Waals surface area (Å²) in [5.41, 5.74) is 0.977. The zero-order valence-corrected chi connectivity index (χ0v) is 14.3. The van der Waals surface area contributed by atoms with Gasteiger partial charge in [-0.3, -0.25) is 9.36 Å². The van der Waals surface area contributed by atoms with Gasteiger partial charge in [-0.25, -0.2) is 4.98 Å². The average Bonchev–Trinajstić information content (AvgIpc) is 3.25. The van der Waals surface area contributed by atoms with Gasteiger partial charge in [0.2, 0.25) is 5.91 Å². The van der Waals surface area contributed by atoms with Crippen molar-refractivity contribution in [2.45, 2.75) is 30.2 Å². The van der Waals surface area contributed by atoms with E-state index in [1.165, 1.54) is 11.8 Å². The SMILES string of the molecule is COc1cccc(-n2ccnc2SC(C)C(=O)N2CCCC2)c1. The van der Waals surface area contributed by atoms with E-state index in [0.29, 0.717) is 0 Å². The first kappa shape index (κ1) is 15.9. The molecule has 122 valence electrons. The third-order valence-electron chi connectivity index (χ3n) is 3.99. The van der Waals surface area contributed by atoms with E-state index < -0.39 is 0 Å². The van der Waals surface area contributed by atoms with Crippen LogP contribution in [0.3, 0.4) is 0 Å². The number of methoxy groups -OCH3 is 1. The van der Waals surface area contributed by atoms with Gasteiger partial charge in [0.15, 0.2) is 5.16 Å². The molecule has 1 aliphatic rings. The normalized spacial score (nSPS) is 15.7. The summed E-state index contributed by atoms with van der Waals surface area (Å²) in [5, 5.41) is 0.679. The molecule has 6 heteroatoms. The van der Waals surface area contributed by atoms with Crippen molar-refractivity contribution in [1.29, 1.82) is 0 Å². The molecular weight excluding hydrogens is 310 g/mol. The molecule has 0 N–H and O–H groups in total. The molecule has 3 rings (SSSR count). The first-order valence-electron chi connectivity index (χ1n) is 7.82. The van der Waals surface area contributed by atoms with Crippen molar-refractivity contribution in [2.24, 2.45) is 0 Å². The summed E-state index contributed by atoms with van der Waals surface area (Å²) >= 11 is 1.50. The fraction of sp³-hybridized carbons (Fsp3) is 0.412. The minimum absolute atomic E-state index is 0.139. The number of thioether (sulfide) groups is 1. The van der Waals surface area contributed by atoms with Gasteiger partial charge in [-0.05, 0) is 31.9 Å². The first-order valence-corrected chi connectivity index (χ1v) is 8.70. The van der Waals surface area contributed by atoms with E-state index in [4.69, 9.17) is 4.74 Å². The highest BCUT2D eigenvalue weighted by Gasteiger charge is 2.25. The second kappa shape index (κ2) is 7.08. The van der Waals surface area contributed by atoms with E-state index in [-0.39, 0.29) is 11.2 Å². The van der Waals surface area contributed by atoms with Gasteiger partial charge in [0.05, 0.1) is 18.0 Å². The number of aromatic nitrogens is 2. The molecule has 1 fully saturated rings. The third-order valence-corrected chi connectivity index (χ3v) is 5.05. The minimum Gasteiger partial charge on any atom is -0.497 e. The summed E-state index contributed by atoms with van der Waals surface area (Å²) in [4.78, 5) is 18.8. The Kier molecular flexibility index (Phi) is 4.91. The summed E-state index contributed by atoms with van der Waals surface area (Å²) in [6.07, 6.45) is 5.89. The maximum absolute atomic E-state index is 12.5. The maximum atomic E-state index is 12.5. The van der Waals surface area contributed by atoms with Gasteiger partial charge in [-0.2, -0.15) is 0 Å². The van der Waals surface area contributed by atoms with Gasteiger partial charge < -0.3 is 9.64 Å². The van der Waals surface area contributed by atoms with Gasteiger partial charge >= 0.3 is 0 Å². The highest BCUT2D eigenvalue weighted by Crippen LogP contribution is 2.27. The number of ether oxygens (including phenoxy) is 1. The largest absolute Gasteiger partial charge is 0.497 e. The molecule has 1 amide bonds. The van der Waals surface area contributed by atoms with Crippen LogP contribution in [-0.4, -0.2) is 45.8 Å². The Labute approximate surface area is 140 Å². The molecule has 23 heavy (non-hydrogen) atoms. The lowest BCUT2D eigenvalue weighted by Gasteiger charge is -2.20. The average molecular weight is 331 g/mol. The van der Waals surface area contributed by atoms with Crippen molar-refractivity contribution in [3.8, 4) is 11.4 Å². The number of hydrogen-bond donors (Lipinski definition) is 0. The molecule has 1 atom stereocenters. The lowest BCUT2D eigenvalue weighted by molar-refractivity contribution is -0.129. The Balaban J connectivity index is 1.76. The predicted octanol–water partition coefficient (Wildman–Crippen LogP) is 2.98. The monoisotopic (exact) mass is 331 g/mol. The fourth-order valence-corrected chi connectivity index (χ4v) is 3.70. The number of amides is 1. The van der Waals surface area contributed by atoms with Gasteiger partial charge in [-0.1, -0.05) is 17.8 Å². The molecule has 1 aliphatic heterocycles. The summed E-state index contributed by atoms with van der Waals surface area (Å²) in [6, 6.07) is 7.81. The number of nitrogens with zero attached hydrogens (tertiary/aromatic N) is 3. The Morgan fingerprint density at radius 3 is 2.87 bits per heavy atom. The maximum Gasteiger partial charge on any atom is 0.235 e. The van der Waals surface area contributed by atoms with Crippen LogP contribution in [0, 0.1) is 0 Å². The second-order valence-corrected chi connectivity index (χ2v) is 6.88. The molecule has 0 radical (unpaired) electrons. The Morgan fingerprint density at radius 2 is 2.13 bits per heavy atom. The zero-order chi connectivity index (χ0) is 16.2.